The quantitative estimate of drug-likeness (QED) is 0.804. The molecule has 0 radical (unpaired) electrons. The van der Waals surface area contributed by atoms with Gasteiger partial charge in [0.25, 0.3) is 0 Å². The molecule has 20 heavy (non-hydrogen) atoms. The number of benzene rings is 1. The van der Waals surface area contributed by atoms with Crippen LogP contribution in [0, 0.1) is 0 Å². The fourth-order valence-electron chi connectivity index (χ4n) is 2.53. The summed E-state index contributed by atoms with van der Waals surface area (Å²) < 4.78 is 27.1. The van der Waals surface area contributed by atoms with Gasteiger partial charge in [-0.3, -0.25) is 0 Å². The number of likely N-dealkylation sites (tertiary alicyclic amines) is 1. The summed E-state index contributed by atoms with van der Waals surface area (Å²) in [5, 5.41) is 0. The Balaban J connectivity index is 1.98. The maximum atomic E-state index is 12.2. The Morgan fingerprint density at radius 2 is 2.05 bits per heavy atom. The largest absolute Gasteiger partial charge is 0.330 e. The number of sulfonamides is 1. The summed E-state index contributed by atoms with van der Waals surface area (Å²) in [7, 11) is -1.38. The van der Waals surface area contributed by atoms with E-state index in [1.165, 1.54) is 0 Å². The average molecular weight is 297 g/mol. The average Bonchev–Trinajstić information content (AvgIpc) is 2.83. The van der Waals surface area contributed by atoms with E-state index in [0.29, 0.717) is 24.0 Å². The smallest absolute Gasteiger partial charge is 0.240 e. The molecule has 0 saturated carbocycles. The molecule has 0 aliphatic carbocycles. The Labute approximate surface area is 121 Å². The van der Waals surface area contributed by atoms with E-state index in [4.69, 9.17) is 5.73 Å². The molecule has 1 aromatic rings. The van der Waals surface area contributed by atoms with Crippen molar-refractivity contribution in [1.82, 2.24) is 9.62 Å². The van der Waals surface area contributed by atoms with E-state index in [1.807, 2.05) is 19.2 Å². The van der Waals surface area contributed by atoms with Crippen molar-refractivity contribution in [1.29, 1.82) is 0 Å². The maximum absolute atomic E-state index is 12.2. The van der Waals surface area contributed by atoms with Gasteiger partial charge >= 0.3 is 0 Å². The number of rotatable bonds is 6. The molecule has 5 nitrogen and oxygen atoms in total. The Kier molecular flexibility index (Phi) is 5.15. The van der Waals surface area contributed by atoms with Crippen LogP contribution in [0.1, 0.15) is 18.4 Å². The second-order valence-electron chi connectivity index (χ2n) is 5.31. The lowest BCUT2D eigenvalue weighted by Crippen LogP contribution is -2.38. The standard InChI is InChI=1S/C14H23N3O2S/c1-17-10-2-3-13(17)11-16-20(18,19)14-6-4-12(5-7-14)8-9-15/h4-7,13,16H,2-3,8-11,15H2,1H3. The molecule has 112 valence electrons. The predicted molar refractivity (Wildman–Crippen MR) is 80.0 cm³/mol. The van der Waals surface area contributed by atoms with Crippen LogP contribution in [-0.2, 0) is 16.4 Å². The van der Waals surface area contributed by atoms with Gasteiger partial charge in [-0.2, -0.15) is 0 Å². The fourth-order valence-corrected chi connectivity index (χ4v) is 3.60. The minimum Gasteiger partial charge on any atom is -0.330 e. The van der Waals surface area contributed by atoms with Crippen LogP contribution >= 0.6 is 0 Å². The van der Waals surface area contributed by atoms with Crippen molar-refractivity contribution in [2.24, 2.45) is 5.73 Å². The van der Waals surface area contributed by atoms with Crippen LogP contribution in [0.4, 0.5) is 0 Å². The van der Waals surface area contributed by atoms with Gasteiger partial charge in [-0.1, -0.05) is 12.1 Å². The minimum absolute atomic E-state index is 0.307. The van der Waals surface area contributed by atoms with Gasteiger partial charge in [-0.05, 0) is 57.1 Å². The second-order valence-corrected chi connectivity index (χ2v) is 7.08. The molecule has 0 aromatic heterocycles. The zero-order chi connectivity index (χ0) is 14.6. The first-order chi connectivity index (χ1) is 9.53. The Morgan fingerprint density at radius 1 is 1.35 bits per heavy atom. The van der Waals surface area contributed by atoms with Crippen LogP contribution in [0.2, 0.25) is 0 Å². The van der Waals surface area contributed by atoms with Gasteiger partial charge in [-0.15, -0.1) is 0 Å². The lowest BCUT2D eigenvalue weighted by atomic mass is 10.2. The van der Waals surface area contributed by atoms with Crippen LogP contribution in [0.3, 0.4) is 0 Å². The van der Waals surface area contributed by atoms with E-state index in [9.17, 15) is 8.42 Å². The van der Waals surface area contributed by atoms with Gasteiger partial charge in [0.2, 0.25) is 10.0 Å². The molecule has 1 aliphatic heterocycles. The molecule has 1 atom stereocenters. The molecule has 1 unspecified atom stereocenters. The molecule has 1 aliphatic rings. The Hall–Kier alpha value is -0.950. The molecule has 1 saturated heterocycles. The highest BCUT2D eigenvalue weighted by molar-refractivity contribution is 7.89. The molecular formula is C14H23N3O2S. The van der Waals surface area contributed by atoms with E-state index in [2.05, 4.69) is 9.62 Å². The van der Waals surface area contributed by atoms with Gasteiger partial charge in [0.05, 0.1) is 4.90 Å². The van der Waals surface area contributed by atoms with Crippen LogP contribution in [-0.4, -0.2) is 46.0 Å². The normalized spacial score (nSPS) is 20.4. The summed E-state index contributed by atoms with van der Waals surface area (Å²) in [4.78, 5) is 2.52. The molecule has 0 spiro atoms. The summed E-state index contributed by atoms with van der Waals surface area (Å²) in [6.45, 7) is 2.09. The lowest BCUT2D eigenvalue weighted by molar-refractivity contribution is 0.311. The first-order valence-corrected chi connectivity index (χ1v) is 8.50. The van der Waals surface area contributed by atoms with E-state index < -0.39 is 10.0 Å². The van der Waals surface area contributed by atoms with Crippen molar-refractivity contribution in [2.45, 2.75) is 30.2 Å². The van der Waals surface area contributed by atoms with Gasteiger partial charge in [0.15, 0.2) is 0 Å². The number of hydrogen-bond donors (Lipinski definition) is 2. The summed E-state index contributed by atoms with van der Waals surface area (Å²) in [6.07, 6.45) is 2.95. The van der Waals surface area contributed by atoms with E-state index in [-0.39, 0.29) is 0 Å². The first kappa shape index (κ1) is 15.4. The minimum atomic E-state index is -3.41. The fraction of sp³-hybridized carbons (Fsp3) is 0.571. The monoisotopic (exact) mass is 297 g/mol. The van der Waals surface area contributed by atoms with Gasteiger partial charge < -0.3 is 10.6 Å². The topological polar surface area (TPSA) is 75.4 Å². The third kappa shape index (κ3) is 3.79. The first-order valence-electron chi connectivity index (χ1n) is 7.02. The highest BCUT2D eigenvalue weighted by Gasteiger charge is 2.23. The summed E-state index contributed by atoms with van der Waals surface area (Å²) >= 11 is 0. The second kappa shape index (κ2) is 6.67. The third-order valence-corrected chi connectivity index (χ3v) is 5.29. The molecule has 6 heteroatoms. The molecular weight excluding hydrogens is 274 g/mol. The number of nitrogens with two attached hydrogens (primary N) is 1. The van der Waals surface area contributed by atoms with Crippen LogP contribution in [0.5, 0.6) is 0 Å². The van der Waals surface area contributed by atoms with Gasteiger partial charge in [0.1, 0.15) is 0 Å². The molecule has 1 aromatic carbocycles. The zero-order valence-corrected chi connectivity index (χ0v) is 12.7. The molecule has 1 heterocycles. The predicted octanol–water partition coefficient (Wildman–Crippen LogP) is 0.560. The van der Waals surface area contributed by atoms with Crippen molar-refractivity contribution in [3.05, 3.63) is 29.8 Å². The summed E-state index contributed by atoms with van der Waals surface area (Å²) in [6, 6.07) is 7.24. The summed E-state index contributed by atoms with van der Waals surface area (Å²) in [5.41, 5.74) is 6.54. The van der Waals surface area contributed by atoms with Gasteiger partial charge in [-0.25, -0.2) is 13.1 Å². The number of nitrogens with one attached hydrogen (secondary N) is 1. The molecule has 0 amide bonds. The summed E-state index contributed by atoms with van der Waals surface area (Å²) in [5.74, 6) is 0. The Morgan fingerprint density at radius 3 is 2.60 bits per heavy atom. The maximum Gasteiger partial charge on any atom is 0.240 e. The van der Waals surface area contributed by atoms with E-state index >= 15 is 0 Å². The van der Waals surface area contributed by atoms with Crippen LogP contribution in [0.25, 0.3) is 0 Å². The van der Waals surface area contributed by atoms with Crippen molar-refractivity contribution >= 4 is 10.0 Å². The lowest BCUT2D eigenvalue weighted by Gasteiger charge is -2.19. The number of nitrogens with zero attached hydrogens (tertiary/aromatic N) is 1. The van der Waals surface area contributed by atoms with Crippen LogP contribution in [0.15, 0.2) is 29.2 Å². The Bertz CT molecular complexity index is 528. The molecule has 3 N–H and O–H groups in total. The van der Waals surface area contributed by atoms with E-state index in [0.717, 1.165) is 31.4 Å². The third-order valence-electron chi connectivity index (χ3n) is 3.85. The zero-order valence-electron chi connectivity index (χ0n) is 11.9. The van der Waals surface area contributed by atoms with Crippen molar-refractivity contribution in [3.63, 3.8) is 0 Å². The SMILES string of the molecule is CN1CCCC1CNS(=O)(=O)c1ccc(CCN)cc1. The highest BCUT2D eigenvalue weighted by Crippen LogP contribution is 2.15. The van der Waals surface area contributed by atoms with Crippen molar-refractivity contribution < 1.29 is 8.42 Å². The highest BCUT2D eigenvalue weighted by atomic mass is 32.2. The van der Waals surface area contributed by atoms with Gasteiger partial charge in [0, 0.05) is 12.6 Å². The molecule has 1 fully saturated rings. The number of hydrogen-bond acceptors (Lipinski definition) is 4. The molecule has 0 bridgehead atoms. The van der Waals surface area contributed by atoms with Crippen molar-refractivity contribution in [2.75, 3.05) is 26.7 Å². The molecule has 2 rings (SSSR count). The number of likely N-dealkylation sites (N-methyl/N-ethyl adjacent to an activating group) is 1. The van der Waals surface area contributed by atoms with Crippen molar-refractivity contribution in [3.8, 4) is 0 Å². The van der Waals surface area contributed by atoms with Crippen LogP contribution < -0.4 is 10.5 Å². The van der Waals surface area contributed by atoms with E-state index in [1.54, 1.807) is 12.1 Å².